The fourth-order valence-corrected chi connectivity index (χ4v) is 17.6. The van der Waals surface area contributed by atoms with Gasteiger partial charge in [-0.15, -0.1) is 22.7 Å². The number of hydrogen-bond donors (Lipinski definition) is 0. The van der Waals surface area contributed by atoms with E-state index in [1.54, 1.807) is 11.3 Å². The SMILES string of the molecule is Brc1ccc(-c2ccc(-c3nc(-c4ccccc4)nc(-c4ccc5sc6ccccc6c5c4)n3)cc2)cc1.Brc1ccc2sc3cc(-c4nc(-c5ccc(-c6ccccc6)cc5)nc(-c5cccc6ccccc56)n4)ccc3c2c1.Brc1cccc(-c2cccc(-c3nc(-c4ccccc4)nc(-c4ccc5ccccc5c4)n3)c2)c1. The minimum absolute atomic E-state index is 0.652. The Labute approximate surface area is 696 Å². The zero-order valence-corrected chi connectivity index (χ0v) is 67.7. The Hall–Kier alpha value is -13.1. The third-order valence-electron chi connectivity index (χ3n) is 20.2. The summed E-state index contributed by atoms with van der Waals surface area (Å²) < 4.78 is 8.21. The van der Waals surface area contributed by atoms with Gasteiger partial charge in [-0.1, -0.05) is 339 Å². The lowest BCUT2D eigenvalue weighted by Crippen LogP contribution is -2.00. The predicted molar refractivity (Wildman–Crippen MR) is 489 cm³/mol. The molecule has 0 amide bonds. The third kappa shape index (κ3) is 15.6. The average Bonchev–Trinajstić information content (AvgIpc) is 1.73. The van der Waals surface area contributed by atoms with E-state index in [2.05, 4.69) is 333 Å². The van der Waals surface area contributed by atoms with Crippen LogP contribution in [0.25, 0.3) is 198 Å². The molecule has 5 aromatic heterocycles. The van der Waals surface area contributed by atoms with Gasteiger partial charge in [0.2, 0.25) is 0 Å². The summed E-state index contributed by atoms with van der Waals surface area (Å²) in [6.07, 6.45) is 0. The van der Waals surface area contributed by atoms with Crippen molar-refractivity contribution in [2.24, 2.45) is 0 Å². The van der Waals surface area contributed by atoms with Crippen LogP contribution in [0.2, 0.25) is 0 Å². The van der Waals surface area contributed by atoms with E-state index in [4.69, 9.17) is 44.9 Å². The lowest BCUT2D eigenvalue weighted by atomic mass is 10.0. The summed E-state index contributed by atoms with van der Waals surface area (Å²) in [7, 11) is 0. The number of aromatic nitrogens is 9. The summed E-state index contributed by atoms with van der Waals surface area (Å²) in [6, 6.07) is 130. The molecule has 0 bridgehead atoms. The zero-order chi connectivity index (χ0) is 77.1. The summed E-state index contributed by atoms with van der Waals surface area (Å²) >= 11 is 14.3. The van der Waals surface area contributed by atoms with E-state index in [0.717, 1.165) is 107 Å². The van der Waals surface area contributed by atoms with Crippen LogP contribution in [-0.4, -0.2) is 44.9 Å². The van der Waals surface area contributed by atoms with E-state index in [1.807, 2.05) is 102 Å². The van der Waals surface area contributed by atoms with E-state index in [-0.39, 0.29) is 0 Å². The molecule has 0 saturated heterocycles. The van der Waals surface area contributed by atoms with Gasteiger partial charge >= 0.3 is 0 Å². The summed E-state index contributed by atoms with van der Waals surface area (Å²) in [5, 5.41) is 9.60. The van der Waals surface area contributed by atoms with Gasteiger partial charge in [0.1, 0.15) is 0 Å². The highest BCUT2D eigenvalue weighted by molar-refractivity contribution is 9.11. The number of hydrogen-bond acceptors (Lipinski definition) is 11. The number of nitrogens with zero attached hydrogens (tertiary/aromatic N) is 9. The van der Waals surface area contributed by atoms with Crippen molar-refractivity contribution in [2.75, 3.05) is 0 Å². The molecule has 0 N–H and O–H groups in total. The molecule has 9 nitrogen and oxygen atoms in total. The van der Waals surface area contributed by atoms with E-state index in [1.165, 1.54) is 51.3 Å². The molecule has 115 heavy (non-hydrogen) atoms. The normalized spacial score (nSPS) is 11.3. The second kappa shape index (κ2) is 32.2. The van der Waals surface area contributed by atoms with Crippen LogP contribution in [0.1, 0.15) is 0 Å². The maximum absolute atomic E-state index is 5.06. The van der Waals surface area contributed by atoms with E-state index in [9.17, 15) is 0 Å². The molecule has 544 valence electrons. The largest absolute Gasteiger partial charge is 0.208 e. The van der Waals surface area contributed by atoms with Crippen LogP contribution in [0.15, 0.2) is 390 Å². The van der Waals surface area contributed by atoms with Gasteiger partial charge in [0.15, 0.2) is 52.4 Å². The molecule has 0 aliphatic rings. The quantitative estimate of drug-likeness (QED) is 0.118. The van der Waals surface area contributed by atoms with Crippen LogP contribution in [0.4, 0.5) is 0 Å². The highest BCUT2D eigenvalue weighted by Crippen LogP contribution is 2.41. The lowest BCUT2D eigenvalue weighted by molar-refractivity contribution is 1.07. The zero-order valence-electron chi connectivity index (χ0n) is 61.3. The first kappa shape index (κ1) is 72.2. The van der Waals surface area contributed by atoms with Crippen molar-refractivity contribution < 1.29 is 0 Å². The van der Waals surface area contributed by atoms with Gasteiger partial charge in [-0.05, 0) is 140 Å². The summed E-state index contributed by atoms with van der Waals surface area (Å²) in [6.45, 7) is 0. The van der Waals surface area contributed by atoms with Crippen LogP contribution in [0, 0.1) is 0 Å². The maximum atomic E-state index is 5.06. The Morgan fingerprint density at radius 3 is 1.10 bits per heavy atom. The molecule has 0 radical (unpaired) electrons. The Morgan fingerprint density at radius 2 is 0.496 bits per heavy atom. The van der Waals surface area contributed by atoms with Gasteiger partial charge in [-0.25, -0.2) is 44.9 Å². The lowest BCUT2D eigenvalue weighted by Gasteiger charge is -2.11. The van der Waals surface area contributed by atoms with Gasteiger partial charge in [-0.2, -0.15) is 0 Å². The first-order chi connectivity index (χ1) is 56.6. The molecule has 21 aromatic rings. The van der Waals surface area contributed by atoms with Crippen molar-refractivity contribution in [3.05, 3.63) is 390 Å². The Bertz CT molecular complexity index is 7190. The fraction of sp³-hybridized carbons (Fsp3) is 0. The van der Waals surface area contributed by atoms with Gasteiger partial charge in [0, 0.05) is 104 Å². The smallest absolute Gasteiger partial charge is 0.164 e. The standard InChI is InChI=1S/C37H22BrN3S.C33H20BrN3S.C31H20BrN3/c38-28-18-20-33-32(22-28)30-19-17-27(21-34(30)42-33)36-39-35(26-15-13-24(14-16-26)23-7-2-1-3-8-23)40-37(41-36)31-12-6-10-25-9-4-5-11-29(25)31;34-26-17-14-22(15-18-26)21-10-12-24(13-11-21)32-35-31(23-6-2-1-3-7-23)36-33(37-32)25-16-19-30-28(20-25)27-8-4-5-9-29(27)38-30;32-28-15-7-13-25(20-28)24-12-6-14-26(19-24)30-33-29(22-9-2-1-3-10-22)34-31(35-30)27-17-16-21-8-4-5-11-23(21)18-27/h1-22H;1-20H;1-20H. The molecule has 0 atom stereocenters. The first-order valence-corrected chi connectivity index (χ1v) is 41.4. The summed E-state index contributed by atoms with van der Waals surface area (Å²) in [5.41, 5.74) is 15.6. The van der Waals surface area contributed by atoms with Gasteiger partial charge in [0.05, 0.1) is 0 Å². The minimum Gasteiger partial charge on any atom is -0.208 e. The summed E-state index contributed by atoms with van der Waals surface area (Å²) in [4.78, 5) is 44.6. The number of thiophene rings is 2. The maximum Gasteiger partial charge on any atom is 0.164 e. The van der Waals surface area contributed by atoms with Gasteiger partial charge < -0.3 is 0 Å². The Kier molecular flexibility index (Phi) is 20.2. The van der Waals surface area contributed by atoms with E-state index < -0.39 is 0 Å². The molecule has 21 rings (SSSR count). The van der Waals surface area contributed by atoms with Crippen molar-refractivity contribution >= 4 is 132 Å². The molecule has 5 heterocycles. The monoisotopic (exact) mass is 1700 g/mol. The number of rotatable bonds is 12. The first-order valence-electron chi connectivity index (χ1n) is 37.4. The highest BCUT2D eigenvalue weighted by Gasteiger charge is 2.20. The van der Waals surface area contributed by atoms with Crippen LogP contribution in [0.3, 0.4) is 0 Å². The predicted octanol–water partition coefficient (Wildman–Crippen LogP) is 28.9. The van der Waals surface area contributed by atoms with Crippen LogP contribution >= 0.6 is 70.5 Å². The van der Waals surface area contributed by atoms with Gasteiger partial charge in [-0.3, -0.25) is 0 Å². The molecule has 0 aliphatic carbocycles. The molecule has 0 fully saturated rings. The van der Waals surface area contributed by atoms with Crippen molar-refractivity contribution in [2.45, 2.75) is 0 Å². The van der Waals surface area contributed by atoms with Crippen molar-refractivity contribution in [3.8, 4) is 136 Å². The molecule has 16 aromatic carbocycles. The Balaban J connectivity index is 0.000000116. The fourth-order valence-electron chi connectivity index (χ4n) is 14.4. The second-order valence-corrected chi connectivity index (χ2v) is 32.5. The molecular weight excluding hydrogens is 1640 g/mol. The topological polar surface area (TPSA) is 116 Å². The van der Waals surface area contributed by atoms with Crippen LogP contribution in [-0.2, 0) is 0 Å². The molecule has 0 spiro atoms. The van der Waals surface area contributed by atoms with E-state index >= 15 is 0 Å². The molecular formula is C101H62Br3N9S2. The van der Waals surface area contributed by atoms with Crippen molar-refractivity contribution in [1.82, 2.24) is 44.9 Å². The molecule has 0 unspecified atom stereocenters. The van der Waals surface area contributed by atoms with Crippen molar-refractivity contribution in [1.29, 1.82) is 0 Å². The van der Waals surface area contributed by atoms with Crippen LogP contribution in [0.5, 0.6) is 0 Å². The average molecular weight is 1710 g/mol. The second-order valence-electron chi connectivity index (χ2n) is 27.6. The molecule has 14 heteroatoms. The Morgan fingerprint density at radius 1 is 0.157 bits per heavy atom. The van der Waals surface area contributed by atoms with Crippen LogP contribution < -0.4 is 0 Å². The third-order valence-corrected chi connectivity index (χ3v) is 24.0. The summed E-state index contributed by atoms with van der Waals surface area (Å²) in [5.74, 6) is 5.95. The van der Waals surface area contributed by atoms with Gasteiger partial charge in [0.25, 0.3) is 0 Å². The minimum atomic E-state index is 0.652. The van der Waals surface area contributed by atoms with Crippen molar-refractivity contribution in [3.63, 3.8) is 0 Å². The van der Waals surface area contributed by atoms with E-state index in [0.29, 0.717) is 52.4 Å². The molecule has 0 aliphatic heterocycles. The number of halogens is 3. The number of fused-ring (bicyclic) bond motifs is 8. The highest BCUT2D eigenvalue weighted by atomic mass is 79.9. The number of benzene rings is 16. The molecule has 0 saturated carbocycles.